The maximum absolute atomic E-state index is 5.99. The number of hydrogen-bond donors (Lipinski definition) is 1. The topological polar surface area (TPSA) is 15.3 Å². The van der Waals surface area contributed by atoms with E-state index in [2.05, 4.69) is 22.9 Å². The summed E-state index contributed by atoms with van der Waals surface area (Å²) < 4.78 is 0. The third kappa shape index (κ3) is 2.33. The molecule has 1 N–H and O–H groups in total. The fourth-order valence-corrected chi connectivity index (χ4v) is 2.10. The van der Waals surface area contributed by atoms with Crippen molar-refractivity contribution in [1.29, 1.82) is 0 Å². The van der Waals surface area contributed by atoms with Crippen molar-refractivity contribution in [1.82, 2.24) is 5.32 Å². The molecule has 2 rings (SSSR count). The highest BCUT2D eigenvalue weighted by atomic mass is 35.5. The summed E-state index contributed by atoms with van der Waals surface area (Å²) in [5.41, 5.74) is 1.17. The molecular weight excluding hydrogens is 208 g/mol. The lowest BCUT2D eigenvalue weighted by Gasteiger charge is -2.36. The van der Waals surface area contributed by atoms with Crippen LogP contribution < -0.4 is 10.2 Å². The van der Waals surface area contributed by atoms with Crippen molar-refractivity contribution in [2.45, 2.75) is 6.04 Å². The highest BCUT2D eigenvalue weighted by molar-refractivity contribution is 6.30. The summed E-state index contributed by atoms with van der Waals surface area (Å²) in [6, 6.07) is 8.34. The van der Waals surface area contributed by atoms with Gasteiger partial charge >= 0.3 is 0 Å². The van der Waals surface area contributed by atoms with Gasteiger partial charge in [0, 0.05) is 30.3 Å². The number of anilines is 1. The van der Waals surface area contributed by atoms with Crippen LogP contribution in [0.1, 0.15) is 0 Å². The average Bonchev–Trinajstić information content (AvgIpc) is 2.29. The van der Waals surface area contributed by atoms with Gasteiger partial charge in [-0.1, -0.05) is 23.7 Å². The van der Waals surface area contributed by atoms with E-state index >= 15 is 0 Å². The fourth-order valence-electron chi connectivity index (χ4n) is 1.91. The second kappa shape index (κ2) is 4.69. The van der Waals surface area contributed by atoms with E-state index in [4.69, 9.17) is 11.6 Å². The molecule has 1 atom stereocenters. The van der Waals surface area contributed by atoms with Gasteiger partial charge in [-0.15, -0.1) is 6.58 Å². The first-order valence-electron chi connectivity index (χ1n) is 5.17. The molecule has 0 saturated carbocycles. The second-order valence-electron chi connectivity index (χ2n) is 3.68. The van der Waals surface area contributed by atoms with E-state index in [1.165, 1.54) is 5.69 Å². The van der Waals surface area contributed by atoms with Crippen molar-refractivity contribution in [3.05, 3.63) is 41.9 Å². The van der Waals surface area contributed by atoms with Crippen molar-refractivity contribution in [2.24, 2.45) is 0 Å². The van der Waals surface area contributed by atoms with Crippen LogP contribution in [-0.4, -0.2) is 25.7 Å². The van der Waals surface area contributed by atoms with Crippen LogP contribution in [0.3, 0.4) is 0 Å². The highest BCUT2D eigenvalue weighted by Gasteiger charge is 2.19. The van der Waals surface area contributed by atoms with Crippen molar-refractivity contribution in [3.63, 3.8) is 0 Å². The summed E-state index contributed by atoms with van der Waals surface area (Å²) in [6.07, 6.45) is 1.98. The molecule has 80 valence electrons. The SMILES string of the molecule is C=CC1CNCCN1c1cccc(Cl)c1. The number of piperazine rings is 1. The van der Waals surface area contributed by atoms with Gasteiger partial charge < -0.3 is 10.2 Å². The zero-order valence-corrected chi connectivity index (χ0v) is 9.37. The Morgan fingerprint density at radius 1 is 1.53 bits per heavy atom. The first-order chi connectivity index (χ1) is 7.31. The Morgan fingerprint density at radius 3 is 3.13 bits per heavy atom. The Labute approximate surface area is 95.5 Å². The fraction of sp³-hybridized carbons (Fsp3) is 0.333. The molecule has 1 aromatic carbocycles. The molecule has 2 nitrogen and oxygen atoms in total. The van der Waals surface area contributed by atoms with Gasteiger partial charge in [0.1, 0.15) is 0 Å². The molecule has 1 aromatic rings. The molecule has 0 radical (unpaired) electrons. The lowest BCUT2D eigenvalue weighted by Crippen LogP contribution is -2.50. The number of hydrogen-bond acceptors (Lipinski definition) is 2. The third-order valence-electron chi connectivity index (χ3n) is 2.70. The largest absolute Gasteiger partial charge is 0.363 e. The summed E-state index contributed by atoms with van der Waals surface area (Å²) in [4.78, 5) is 2.33. The van der Waals surface area contributed by atoms with Gasteiger partial charge in [0.05, 0.1) is 6.04 Å². The van der Waals surface area contributed by atoms with Gasteiger partial charge in [-0.25, -0.2) is 0 Å². The first kappa shape index (κ1) is 10.5. The highest BCUT2D eigenvalue weighted by Crippen LogP contribution is 2.22. The van der Waals surface area contributed by atoms with E-state index < -0.39 is 0 Å². The third-order valence-corrected chi connectivity index (χ3v) is 2.93. The van der Waals surface area contributed by atoms with E-state index in [-0.39, 0.29) is 0 Å². The molecule has 15 heavy (non-hydrogen) atoms. The lowest BCUT2D eigenvalue weighted by molar-refractivity contribution is 0.530. The number of rotatable bonds is 2. The Hall–Kier alpha value is -0.990. The van der Waals surface area contributed by atoms with Crippen LogP contribution >= 0.6 is 11.6 Å². The van der Waals surface area contributed by atoms with Gasteiger partial charge in [-0.3, -0.25) is 0 Å². The molecule has 1 unspecified atom stereocenters. The summed E-state index contributed by atoms with van der Waals surface area (Å²) in [5.74, 6) is 0. The number of benzene rings is 1. The quantitative estimate of drug-likeness (QED) is 0.773. The predicted molar refractivity (Wildman–Crippen MR) is 65.7 cm³/mol. The number of nitrogens with one attached hydrogen (secondary N) is 1. The lowest BCUT2D eigenvalue weighted by atomic mass is 10.1. The van der Waals surface area contributed by atoms with Gasteiger partial charge in [-0.2, -0.15) is 0 Å². The monoisotopic (exact) mass is 222 g/mol. The Morgan fingerprint density at radius 2 is 2.40 bits per heavy atom. The van der Waals surface area contributed by atoms with Crippen LogP contribution in [0.2, 0.25) is 5.02 Å². The van der Waals surface area contributed by atoms with Crippen LogP contribution in [0.4, 0.5) is 5.69 Å². The number of nitrogens with zero attached hydrogens (tertiary/aromatic N) is 1. The molecule has 1 heterocycles. The molecule has 0 amide bonds. The van der Waals surface area contributed by atoms with Crippen molar-refractivity contribution in [3.8, 4) is 0 Å². The van der Waals surface area contributed by atoms with Gasteiger partial charge in [0.25, 0.3) is 0 Å². The van der Waals surface area contributed by atoms with E-state index in [1.807, 2.05) is 24.3 Å². The Kier molecular flexibility index (Phi) is 3.29. The molecule has 0 spiro atoms. The normalized spacial score (nSPS) is 21.4. The van der Waals surface area contributed by atoms with Crippen molar-refractivity contribution < 1.29 is 0 Å². The molecule has 0 aliphatic carbocycles. The first-order valence-corrected chi connectivity index (χ1v) is 5.54. The maximum atomic E-state index is 5.99. The summed E-state index contributed by atoms with van der Waals surface area (Å²) >= 11 is 5.99. The molecule has 0 aromatic heterocycles. The van der Waals surface area contributed by atoms with E-state index in [0.717, 1.165) is 24.7 Å². The molecule has 0 bridgehead atoms. The average molecular weight is 223 g/mol. The van der Waals surface area contributed by atoms with E-state index in [9.17, 15) is 0 Å². The van der Waals surface area contributed by atoms with Crippen molar-refractivity contribution >= 4 is 17.3 Å². The minimum Gasteiger partial charge on any atom is -0.363 e. The van der Waals surface area contributed by atoms with Crippen LogP contribution in [0, 0.1) is 0 Å². The predicted octanol–water partition coefficient (Wildman–Crippen LogP) is 2.30. The second-order valence-corrected chi connectivity index (χ2v) is 4.12. The zero-order valence-electron chi connectivity index (χ0n) is 8.62. The summed E-state index contributed by atoms with van der Waals surface area (Å²) in [7, 11) is 0. The molecule has 1 aliphatic rings. The molecule has 1 fully saturated rings. The number of halogens is 1. The molecule has 1 saturated heterocycles. The van der Waals surface area contributed by atoms with Gasteiger partial charge in [0.2, 0.25) is 0 Å². The van der Waals surface area contributed by atoms with Crippen molar-refractivity contribution in [2.75, 3.05) is 24.5 Å². The molecular formula is C12H15ClN2. The van der Waals surface area contributed by atoms with Crippen LogP contribution in [0.5, 0.6) is 0 Å². The Balaban J connectivity index is 2.23. The van der Waals surface area contributed by atoms with Crippen LogP contribution in [0.25, 0.3) is 0 Å². The van der Waals surface area contributed by atoms with Gasteiger partial charge in [-0.05, 0) is 18.2 Å². The molecule has 3 heteroatoms. The van der Waals surface area contributed by atoms with Crippen LogP contribution in [0.15, 0.2) is 36.9 Å². The maximum Gasteiger partial charge on any atom is 0.0595 e. The van der Waals surface area contributed by atoms with Crippen LogP contribution in [-0.2, 0) is 0 Å². The summed E-state index contributed by atoms with van der Waals surface area (Å²) in [5, 5.41) is 4.14. The Bertz CT molecular complexity index is 351. The minimum absolute atomic E-state index is 0.359. The van der Waals surface area contributed by atoms with E-state index in [1.54, 1.807) is 0 Å². The smallest absolute Gasteiger partial charge is 0.0595 e. The molecule has 1 aliphatic heterocycles. The minimum atomic E-state index is 0.359. The standard InChI is InChI=1S/C12H15ClN2/c1-2-11-9-14-6-7-15(11)12-5-3-4-10(13)8-12/h2-5,8,11,14H,1,6-7,9H2. The summed E-state index contributed by atoms with van der Waals surface area (Å²) in [6.45, 7) is 6.83. The van der Waals surface area contributed by atoms with Gasteiger partial charge in [0.15, 0.2) is 0 Å². The van der Waals surface area contributed by atoms with E-state index in [0.29, 0.717) is 6.04 Å². The zero-order chi connectivity index (χ0) is 10.7.